The van der Waals surface area contributed by atoms with E-state index in [1.54, 1.807) is 7.11 Å². The number of hydrogen-bond acceptors (Lipinski definition) is 7. The average Bonchev–Trinajstić information content (AvgIpc) is 2.82. The summed E-state index contributed by atoms with van der Waals surface area (Å²) < 4.78 is 61.7. The molecule has 0 rings (SSSR count). The first-order chi connectivity index (χ1) is 17.2. The molecular formula is C27H56O7S2. The Hall–Kier alpha value is -0.220. The van der Waals surface area contributed by atoms with Crippen molar-refractivity contribution in [1.82, 2.24) is 0 Å². The average molecular weight is 557 g/mol. The van der Waals surface area contributed by atoms with Gasteiger partial charge < -0.3 is 9.47 Å². The van der Waals surface area contributed by atoms with E-state index >= 15 is 0 Å². The highest BCUT2D eigenvalue weighted by atomic mass is 32.2. The minimum atomic E-state index is -3.53. The summed E-state index contributed by atoms with van der Waals surface area (Å²) in [6.07, 6.45) is 22.6. The van der Waals surface area contributed by atoms with Crippen molar-refractivity contribution in [3.05, 3.63) is 0 Å². The molecule has 7 nitrogen and oxygen atoms in total. The van der Waals surface area contributed by atoms with Gasteiger partial charge in [0.05, 0.1) is 37.1 Å². The van der Waals surface area contributed by atoms with Crippen molar-refractivity contribution in [1.29, 1.82) is 0 Å². The van der Waals surface area contributed by atoms with Crippen molar-refractivity contribution in [3.8, 4) is 0 Å². The minimum Gasteiger partial charge on any atom is -0.379 e. The summed E-state index contributed by atoms with van der Waals surface area (Å²) in [6, 6.07) is 0. The zero-order chi connectivity index (χ0) is 27.0. The highest BCUT2D eigenvalue weighted by Gasteiger charge is 2.16. The maximum atomic E-state index is 12.1. The zero-order valence-corrected chi connectivity index (χ0v) is 25.1. The van der Waals surface area contributed by atoms with Crippen molar-refractivity contribution in [2.45, 2.75) is 129 Å². The molecule has 0 aromatic carbocycles. The fourth-order valence-electron chi connectivity index (χ4n) is 4.14. The number of ether oxygens (including phenoxy) is 2. The van der Waals surface area contributed by atoms with Gasteiger partial charge in [-0.15, -0.1) is 0 Å². The number of unbranched alkanes of at least 4 members (excludes halogenated alkanes) is 15. The predicted molar refractivity (Wildman–Crippen MR) is 150 cm³/mol. The summed E-state index contributed by atoms with van der Waals surface area (Å²) >= 11 is 0. The number of methoxy groups -OCH3 is 1. The van der Waals surface area contributed by atoms with E-state index in [9.17, 15) is 16.8 Å². The minimum absolute atomic E-state index is 0.00715. The second-order valence-corrected chi connectivity index (χ2v) is 14.0. The lowest BCUT2D eigenvalue weighted by atomic mass is 10.0. The van der Waals surface area contributed by atoms with Gasteiger partial charge in [-0.05, 0) is 19.3 Å². The van der Waals surface area contributed by atoms with Gasteiger partial charge >= 0.3 is 0 Å². The van der Waals surface area contributed by atoms with E-state index in [2.05, 4.69) is 11.1 Å². The van der Waals surface area contributed by atoms with E-state index in [-0.39, 0.29) is 30.6 Å². The Morgan fingerprint density at radius 3 is 1.53 bits per heavy atom. The Labute approximate surface area is 223 Å². The van der Waals surface area contributed by atoms with Crippen molar-refractivity contribution in [2.24, 2.45) is 0 Å². The Balaban J connectivity index is 3.52. The van der Waals surface area contributed by atoms with Crippen molar-refractivity contribution >= 4 is 20.0 Å². The second kappa shape index (κ2) is 23.9. The number of hydrogen-bond donors (Lipinski definition) is 0. The largest absolute Gasteiger partial charge is 0.379 e. The lowest BCUT2D eigenvalue weighted by Crippen LogP contribution is -2.24. The first-order valence-corrected chi connectivity index (χ1v) is 18.0. The van der Waals surface area contributed by atoms with E-state index in [0.717, 1.165) is 12.7 Å². The molecule has 0 saturated carbocycles. The van der Waals surface area contributed by atoms with E-state index < -0.39 is 20.0 Å². The van der Waals surface area contributed by atoms with Gasteiger partial charge in [0.2, 0.25) is 0 Å². The van der Waals surface area contributed by atoms with Crippen molar-refractivity contribution < 1.29 is 30.5 Å². The molecule has 0 saturated heterocycles. The third-order valence-electron chi connectivity index (χ3n) is 6.43. The van der Waals surface area contributed by atoms with Crippen LogP contribution >= 0.6 is 0 Å². The SMILES string of the molecule is CCCCCCCCCCCCCCCCCCOCC(CCS(=O)(=O)CCCOS(C)(=O)=O)OC. The van der Waals surface area contributed by atoms with Crippen LogP contribution in [0.3, 0.4) is 0 Å². The van der Waals surface area contributed by atoms with Gasteiger partial charge in [-0.1, -0.05) is 103 Å². The standard InChI is InChI=1S/C27H56O7S2/c1-4-5-6-7-8-9-10-11-12-13-14-15-16-17-18-19-22-33-26-27(32-2)21-25-36(30,31)24-20-23-34-35(3,28)29/h27H,4-26H2,1-3H3. The molecular weight excluding hydrogens is 500 g/mol. The Morgan fingerprint density at radius 1 is 0.611 bits per heavy atom. The van der Waals surface area contributed by atoms with Crippen LogP contribution in [0.15, 0.2) is 0 Å². The van der Waals surface area contributed by atoms with Gasteiger partial charge in [0, 0.05) is 13.7 Å². The van der Waals surface area contributed by atoms with E-state index in [1.807, 2.05) is 0 Å². The van der Waals surface area contributed by atoms with Crippen LogP contribution in [0.4, 0.5) is 0 Å². The van der Waals surface area contributed by atoms with Crippen molar-refractivity contribution in [3.63, 3.8) is 0 Å². The Bertz CT molecular complexity index is 678. The molecule has 0 amide bonds. The maximum Gasteiger partial charge on any atom is 0.264 e. The van der Waals surface area contributed by atoms with E-state index in [1.165, 1.54) is 96.3 Å². The van der Waals surface area contributed by atoms with Crippen LogP contribution in [-0.4, -0.2) is 67.6 Å². The highest BCUT2D eigenvalue weighted by molar-refractivity contribution is 7.91. The molecule has 9 heteroatoms. The van der Waals surface area contributed by atoms with Crippen LogP contribution in [0.5, 0.6) is 0 Å². The first-order valence-electron chi connectivity index (χ1n) is 14.4. The molecule has 0 radical (unpaired) electrons. The summed E-state index contributed by atoms with van der Waals surface area (Å²) in [7, 11) is -5.25. The van der Waals surface area contributed by atoms with Crippen molar-refractivity contribution in [2.75, 3.05) is 44.7 Å². The topological polar surface area (TPSA) is 96.0 Å². The lowest BCUT2D eigenvalue weighted by molar-refractivity contribution is 0.00623. The summed E-state index contributed by atoms with van der Waals surface area (Å²) in [5.74, 6) is -0.105. The molecule has 0 aliphatic carbocycles. The quantitative estimate of drug-likeness (QED) is 0.0807. The molecule has 1 atom stereocenters. The molecule has 218 valence electrons. The normalized spacial score (nSPS) is 13.3. The summed E-state index contributed by atoms with van der Waals surface area (Å²) in [5, 5.41) is 0. The van der Waals surface area contributed by atoms with Crippen LogP contribution in [0.1, 0.15) is 122 Å². The number of sulfone groups is 1. The highest BCUT2D eigenvalue weighted by Crippen LogP contribution is 2.14. The Kier molecular flexibility index (Phi) is 23.7. The van der Waals surface area contributed by atoms with Crippen LogP contribution < -0.4 is 0 Å². The summed E-state index contributed by atoms with van der Waals surface area (Å²) in [4.78, 5) is 0. The first kappa shape index (κ1) is 35.8. The molecule has 0 spiro atoms. The molecule has 36 heavy (non-hydrogen) atoms. The predicted octanol–water partition coefficient (Wildman–Crippen LogP) is 6.45. The molecule has 0 bridgehead atoms. The van der Waals surface area contributed by atoms with Crippen LogP contribution in [0.2, 0.25) is 0 Å². The number of rotatable bonds is 28. The second-order valence-electron chi connectivity index (χ2n) is 10.1. The van der Waals surface area contributed by atoms with Gasteiger partial charge in [-0.2, -0.15) is 8.42 Å². The van der Waals surface area contributed by atoms with Gasteiger partial charge in [0.15, 0.2) is 9.84 Å². The molecule has 0 aromatic heterocycles. The molecule has 0 fully saturated rings. The molecule has 0 N–H and O–H groups in total. The fourth-order valence-corrected chi connectivity index (χ4v) is 5.94. The molecule has 0 heterocycles. The molecule has 0 aliphatic heterocycles. The van der Waals surface area contributed by atoms with Gasteiger partial charge in [-0.3, -0.25) is 4.18 Å². The molecule has 0 aromatic rings. The smallest absolute Gasteiger partial charge is 0.264 e. The molecule has 1 unspecified atom stereocenters. The monoisotopic (exact) mass is 556 g/mol. The molecule has 0 aliphatic rings. The van der Waals surface area contributed by atoms with E-state index in [4.69, 9.17) is 9.47 Å². The van der Waals surface area contributed by atoms with Gasteiger partial charge in [0.1, 0.15) is 0 Å². The zero-order valence-electron chi connectivity index (χ0n) is 23.5. The van der Waals surface area contributed by atoms with E-state index in [0.29, 0.717) is 19.6 Å². The van der Waals surface area contributed by atoms with Crippen LogP contribution in [-0.2, 0) is 33.6 Å². The van der Waals surface area contributed by atoms with Gasteiger partial charge in [-0.25, -0.2) is 8.42 Å². The Morgan fingerprint density at radius 2 is 1.08 bits per heavy atom. The maximum absolute atomic E-state index is 12.1. The van der Waals surface area contributed by atoms with Crippen LogP contribution in [0, 0.1) is 0 Å². The third kappa shape index (κ3) is 26.8. The lowest BCUT2D eigenvalue weighted by Gasteiger charge is -2.15. The third-order valence-corrected chi connectivity index (χ3v) is 8.79. The van der Waals surface area contributed by atoms with Gasteiger partial charge in [0.25, 0.3) is 10.1 Å². The van der Waals surface area contributed by atoms with Crippen LogP contribution in [0.25, 0.3) is 0 Å². The summed E-state index contributed by atoms with van der Waals surface area (Å²) in [5.41, 5.74) is 0. The fraction of sp³-hybridized carbons (Fsp3) is 1.00. The summed E-state index contributed by atoms with van der Waals surface area (Å²) in [6.45, 7) is 3.22.